The number of aromatic amines is 1. The van der Waals surface area contributed by atoms with E-state index in [2.05, 4.69) is 9.98 Å². The number of nitrogens with zero attached hydrogens (tertiary/aromatic N) is 3. The Labute approximate surface area is 193 Å². The van der Waals surface area contributed by atoms with Gasteiger partial charge in [0.15, 0.2) is 0 Å². The van der Waals surface area contributed by atoms with E-state index in [9.17, 15) is 27.9 Å². The molecule has 0 saturated carbocycles. The number of H-pyrrole nitrogens is 1. The van der Waals surface area contributed by atoms with Gasteiger partial charge in [-0.25, -0.2) is 13.2 Å². The van der Waals surface area contributed by atoms with Crippen molar-refractivity contribution in [1.82, 2.24) is 14.5 Å². The van der Waals surface area contributed by atoms with Crippen molar-refractivity contribution in [2.24, 2.45) is 4.99 Å². The van der Waals surface area contributed by atoms with Crippen LogP contribution >= 0.6 is 0 Å². The molecule has 10 heteroatoms. The van der Waals surface area contributed by atoms with Gasteiger partial charge in [0.25, 0.3) is 12.3 Å². The third-order valence-corrected chi connectivity index (χ3v) is 6.05. The number of rotatable bonds is 6. The summed E-state index contributed by atoms with van der Waals surface area (Å²) in [5.41, 5.74) is 1.54. The second-order valence-corrected chi connectivity index (χ2v) is 8.41. The number of alkyl halides is 3. The lowest BCUT2D eigenvalue weighted by atomic mass is 9.90. The molecular formula is C24H25F3N4O3. The Bertz CT molecular complexity index is 1280. The molecule has 1 aliphatic rings. The molecule has 2 aromatic carbocycles. The molecule has 0 radical (unpaired) electrons. The molecule has 0 aliphatic carbocycles. The molecule has 34 heavy (non-hydrogen) atoms. The summed E-state index contributed by atoms with van der Waals surface area (Å²) in [6.45, 7) is -0.286. The van der Waals surface area contributed by atoms with Gasteiger partial charge >= 0.3 is 0 Å². The highest BCUT2D eigenvalue weighted by Gasteiger charge is 2.28. The van der Waals surface area contributed by atoms with Crippen LogP contribution in [0.4, 0.5) is 13.2 Å². The normalized spacial score (nSPS) is 18.2. The number of piperidine rings is 1. The number of aliphatic hydroxyl groups excluding tert-OH is 1. The minimum absolute atomic E-state index is 0.0165. The zero-order valence-electron chi connectivity index (χ0n) is 18.5. The zero-order valence-corrected chi connectivity index (χ0v) is 18.5. The SMILES string of the molecule is CN1CCCC(c2ccc3c(c2)[nH]/c(=N\C(=O)c2cccc(C(F)F)c2)n3CC(F)CO)C1=O. The van der Waals surface area contributed by atoms with Crippen LogP contribution in [-0.4, -0.2) is 57.7 Å². The standard InChI is InChI=1S/C24H25F3N4O3/c1-30-9-3-6-18(23(30)34)14-7-8-20-19(11-14)28-24(31(20)12-17(25)13-32)29-22(33)16-5-2-4-15(10-16)21(26)27/h2,4-5,7-8,10-11,17-18,21,32H,3,6,9,12-13H2,1H3,(H,28,29,33). The first kappa shape index (κ1) is 23.7. The number of carbonyl (C=O) groups excluding carboxylic acids is 2. The number of benzene rings is 2. The fourth-order valence-corrected chi connectivity index (χ4v) is 4.25. The molecule has 2 N–H and O–H groups in total. The minimum atomic E-state index is -2.73. The number of carbonyl (C=O) groups is 2. The van der Waals surface area contributed by atoms with Gasteiger partial charge in [0, 0.05) is 24.7 Å². The molecule has 2 atom stereocenters. The molecule has 2 unspecified atom stereocenters. The smallest absolute Gasteiger partial charge is 0.280 e. The average Bonchev–Trinajstić information content (AvgIpc) is 3.16. The van der Waals surface area contributed by atoms with Gasteiger partial charge < -0.3 is 19.6 Å². The number of likely N-dealkylation sites (tertiary alicyclic amines) is 1. The highest BCUT2D eigenvalue weighted by atomic mass is 19.3. The van der Waals surface area contributed by atoms with Crippen LogP contribution in [0.5, 0.6) is 0 Å². The van der Waals surface area contributed by atoms with Gasteiger partial charge in [0.1, 0.15) is 6.17 Å². The molecule has 7 nitrogen and oxygen atoms in total. The first-order chi connectivity index (χ1) is 16.3. The summed E-state index contributed by atoms with van der Waals surface area (Å²) in [5, 5.41) is 9.20. The monoisotopic (exact) mass is 474 g/mol. The maximum absolute atomic E-state index is 14.1. The Balaban J connectivity index is 1.78. The van der Waals surface area contributed by atoms with Crippen molar-refractivity contribution in [3.63, 3.8) is 0 Å². The van der Waals surface area contributed by atoms with Crippen molar-refractivity contribution < 1.29 is 27.9 Å². The predicted octanol–water partition coefficient (Wildman–Crippen LogP) is 3.31. The van der Waals surface area contributed by atoms with Crippen LogP contribution in [-0.2, 0) is 11.3 Å². The maximum Gasteiger partial charge on any atom is 0.280 e. The quantitative estimate of drug-likeness (QED) is 0.574. The summed E-state index contributed by atoms with van der Waals surface area (Å²) < 4.78 is 41.6. The van der Waals surface area contributed by atoms with E-state index in [-0.39, 0.29) is 35.1 Å². The highest BCUT2D eigenvalue weighted by Crippen LogP contribution is 2.29. The van der Waals surface area contributed by atoms with Gasteiger partial charge in [-0.15, -0.1) is 0 Å². The summed E-state index contributed by atoms with van der Waals surface area (Å²) in [5.74, 6) is -1.05. The largest absolute Gasteiger partial charge is 0.393 e. The fourth-order valence-electron chi connectivity index (χ4n) is 4.25. The van der Waals surface area contributed by atoms with E-state index in [1.807, 2.05) is 0 Å². The van der Waals surface area contributed by atoms with Crippen LogP contribution < -0.4 is 5.62 Å². The van der Waals surface area contributed by atoms with Crippen molar-refractivity contribution in [2.45, 2.75) is 37.9 Å². The topological polar surface area (TPSA) is 90.7 Å². The van der Waals surface area contributed by atoms with Gasteiger partial charge in [-0.05, 0) is 42.7 Å². The van der Waals surface area contributed by atoms with E-state index >= 15 is 0 Å². The Morgan fingerprint density at radius 3 is 2.76 bits per heavy atom. The summed E-state index contributed by atoms with van der Waals surface area (Å²) in [7, 11) is 1.76. The lowest BCUT2D eigenvalue weighted by Crippen LogP contribution is -2.36. The van der Waals surface area contributed by atoms with Crippen LogP contribution in [0.3, 0.4) is 0 Å². The minimum Gasteiger partial charge on any atom is -0.393 e. The van der Waals surface area contributed by atoms with Gasteiger partial charge in [0.2, 0.25) is 11.5 Å². The average molecular weight is 474 g/mol. The van der Waals surface area contributed by atoms with Crippen molar-refractivity contribution in [3.8, 4) is 0 Å². The van der Waals surface area contributed by atoms with Gasteiger partial charge in [-0.2, -0.15) is 4.99 Å². The number of aromatic nitrogens is 2. The Kier molecular flexibility index (Phi) is 6.87. The van der Waals surface area contributed by atoms with E-state index < -0.39 is 25.1 Å². The number of fused-ring (bicyclic) bond motifs is 1. The first-order valence-electron chi connectivity index (χ1n) is 11.0. The van der Waals surface area contributed by atoms with Crippen LogP contribution in [0.1, 0.15) is 46.7 Å². The number of hydrogen-bond donors (Lipinski definition) is 2. The molecular weight excluding hydrogens is 449 g/mol. The number of amides is 2. The molecule has 180 valence electrons. The van der Waals surface area contributed by atoms with Crippen LogP contribution in [0.25, 0.3) is 11.0 Å². The van der Waals surface area contributed by atoms with Gasteiger partial charge in [0.05, 0.1) is 30.1 Å². The maximum atomic E-state index is 14.1. The Hall–Kier alpha value is -3.40. The molecule has 1 saturated heterocycles. The zero-order chi connectivity index (χ0) is 24.4. The number of likely N-dealkylation sites (N-methyl/N-ethyl adjacent to an activating group) is 1. The highest BCUT2D eigenvalue weighted by molar-refractivity contribution is 5.95. The van der Waals surface area contributed by atoms with Crippen molar-refractivity contribution in [1.29, 1.82) is 0 Å². The second-order valence-electron chi connectivity index (χ2n) is 8.41. The third kappa shape index (κ3) is 4.77. The van der Waals surface area contributed by atoms with Crippen molar-refractivity contribution in [2.75, 3.05) is 20.2 Å². The van der Waals surface area contributed by atoms with Crippen LogP contribution in [0, 0.1) is 0 Å². The van der Waals surface area contributed by atoms with Crippen molar-refractivity contribution >= 4 is 22.8 Å². The lowest BCUT2D eigenvalue weighted by molar-refractivity contribution is -0.133. The van der Waals surface area contributed by atoms with Crippen LogP contribution in [0.2, 0.25) is 0 Å². The van der Waals surface area contributed by atoms with Crippen LogP contribution in [0.15, 0.2) is 47.5 Å². The number of nitrogens with one attached hydrogen (secondary N) is 1. The first-order valence-corrected chi connectivity index (χ1v) is 11.0. The predicted molar refractivity (Wildman–Crippen MR) is 119 cm³/mol. The van der Waals surface area contributed by atoms with E-state index in [0.717, 1.165) is 18.1 Å². The van der Waals surface area contributed by atoms with E-state index in [1.54, 1.807) is 30.1 Å². The molecule has 1 aromatic heterocycles. The Morgan fingerprint density at radius 2 is 2.03 bits per heavy atom. The molecule has 1 fully saturated rings. The lowest BCUT2D eigenvalue weighted by Gasteiger charge is -2.29. The summed E-state index contributed by atoms with van der Waals surface area (Å²) in [6.07, 6.45) is -2.75. The summed E-state index contributed by atoms with van der Waals surface area (Å²) >= 11 is 0. The van der Waals surface area contributed by atoms with Crippen molar-refractivity contribution in [3.05, 3.63) is 64.8 Å². The van der Waals surface area contributed by atoms with E-state index in [1.165, 1.54) is 22.8 Å². The van der Waals surface area contributed by atoms with E-state index in [0.29, 0.717) is 24.0 Å². The fraction of sp³-hybridized carbons (Fsp3) is 0.375. The Morgan fingerprint density at radius 1 is 1.24 bits per heavy atom. The number of aliphatic hydroxyl groups is 1. The number of hydrogen-bond acceptors (Lipinski definition) is 3. The molecule has 2 heterocycles. The molecule has 1 aliphatic heterocycles. The molecule has 2 amide bonds. The molecule has 4 rings (SSSR count). The number of imidazole rings is 1. The molecule has 0 spiro atoms. The third-order valence-electron chi connectivity index (χ3n) is 6.05. The number of halogens is 3. The molecule has 0 bridgehead atoms. The summed E-state index contributed by atoms with van der Waals surface area (Å²) in [4.78, 5) is 34.0. The van der Waals surface area contributed by atoms with Gasteiger partial charge in [-0.3, -0.25) is 9.59 Å². The van der Waals surface area contributed by atoms with Gasteiger partial charge in [-0.1, -0.05) is 18.2 Å². The second kappa shape index (κ2) is 9.84. The molecule has 3 aromatic rings. The summed E-state index contributed by atoms with van der Waals surface area (Å²) in [6, 6.07) is 10.3. The van der Waals surface area contributed by atoms with E-state index in [4.69, 9.17) is 0 Å².